The molecule has 2 aromatic rings. The number of rotatable bonds is 8. The summed E-state index contributed by atoms with van der Waals surface area (Å²) in [5.74, 6) is 1.34. The van der Waals surface area contributed by atoms with E-state index in [2.05, 4.69) is 11.4 Å². The number of methoxy groups -OCH3 is 1. The molecule has 23 heavy (non-hydrogen) atoms. The number of benzene rings is 2. The Hall–Kier alpha value is -1.65. The van der Waals surface area contributed by atoms with E-state index in [0.717, 1.165) is 23.5 Å². The molecule has 0 aromatic heterocycles. The molecule has 5 heteroatoms. The van der Waals surface area contributed by atoms with Crippen molar-refractivity contribution >= 4 is 29.3 Å². The normalized spacial score (nSPS) is 10.3. The summed E-state index contributed by atoms with van der Waals surface area (Å²) in [7, 11) is 1.66. The number of carbonyl (C=O) groups excluding carboxylic acids is 1. The quantitative estimate of drug-likeness (QED) is 0.573. The van der Waals surface area contributed by atoms with Crippen molar-refractivity contribution in [3.63, 3.8) is 0 Å². The van der Waals surface area contributed by atoms with Crippen molar-refractivity contribution < 1.29 is 9.53 Å². The topological polar surface area (TPSA) is 38.3 Å². The average Bonchev–Trinajstić information content (AvgIpc) is 2.58. The molecule has 2 aromatic carbocycles. The smallest absolute Gasteiger partial charge is 0.230 e. The van der Waals surface area contributed by atoms with Gasteiger partial charge in [0.25, 0.3) is 0 Å². The summed E-state index contributed by atoms with van der Waals surface area (Å²) < 4.78 is 5.20. The van der Waals surface area contributed by atoms with Gasteiger partial charge in [0.2, 0.25) is 5.91 Å². The Labute approximate surface area is 146 Å². The molecule has 1 amide bonds. The molecule has 0 fully saturated rings. The third kappa shape index (κ3) is 6.55. The fourth-order valence-corrected chi connectivity index (χ4v) is 2.93. The van der Waals surface area contributed by atoms with Crippen LogP contribution in [0.4, 0.5) is 0 Å². The van der Waals surface area contributed by atoms with Crippen molar-refractivity contribution in [3.05, 3.63) is 59.1 Å². The van der Waals surface area contributed by atoms with Crippen LogP contribution in [0, 0.1) is 0 Å². The van der Waals surface area contributed by atoms with Gasteiger partial charge in [-0.2, -0.15) is 0 Å². The molecule has 0 saturated heterocycles. The zero-order chi connectivity index (χ0) is 16.5. The molecule has 122 valence electrons. The van der Waals surface area contributed by atoms with E-state index < -0.39 is 0 Å². The van der Waals surface area contributed by atoms with Crippen molar-refractivity contribution in [2.75, 3.05) is 19.4 Å². The van der Waals surface area contributed by atoms with Crippen LogP contribution in [-0.4, -0.2) is 25.3 Å². The minimum absolute atomic E-state index is 0.0515. The van der Waals surface area contributed by atoms with Crippen LogP contribution in [0.3, 0.4) is 0 Å². The van der Waals surface area contributed by atoms with Crippen molar-refractivity contribution in [1.29, 1.82) is 0 Å². The summed E-state index contributed by atoms with van der Waals surface area (Å²) >= 11 is 7.34. The number of halogens is 1. The molecule has 3 nitrogen and oxygen atoms in total. The molecule has 0 unspecified atom stereocenters. The number of thioether (sulfide) groups is 1. The highest BCUT2D eigenvalue weighted by Gasteiger charge is 2.03. The molecule has 0 bridgehead atoms. The van der Waals surface area contributed by atoms with Gasteiger partial charge in [-0.15, -0.1) is 11.8 Å². The summed E-state index contributed by atoms with van der Waals surface area (Å²) in [5, 5.41) is 3.65. The van der Waals surface area contributed by atoms with Gasteiger partial charge in [0.15, 0.2) is 0 Å². The van der Waals surface area contributed by atoms with Gasteiger partial charge in [-0.25, -0.2) is 0 Å². The highest BCUT2D eigenvalue weighted by Crippen LogP contribution is 2.20. The molecule has 0 aliphatic carbocycles. The highest BCUT2D eigenvalue weighted by molar-refractivity contribution is 8.00. The Kier molecular flexibility index (Phi) is 7.30. The lowest BCUT2D eigenvalue weighted by Gasteiger charge is -2.07. The molecule has 0 atom stereocenters. The monoisotopic (exact) mass is 349 g/mol. The molecule has 0 aliphatic rings. The lowest BCUT2D eigenvalue weighted by Crippen LogP contribution is -2.26. The molecule has 0 radical (unpaired) electrons. The summed E-state index contributed by atoms with van der Waals surface area (Å²) in [6.07, 6.45) is 1.83. The Morgan fingerprint density at radius 1 is 1.22 bits per heavy atom. The van der Waals surface area contributed by atoms with E-state index in [0.29, 0.717) is 17.3 Å². The Morgan fingerprint density at radius 2 is 2.00 bits per heavy atom. The third-order valence-electron chi connectivity index (χ3n) is 3.28. The Balaban J connectivity index is 1.63. The molecular weight excluding hydrogens is 330 g/mol. The summed E-state index contributed by atoms with van der Waals surface area (Å²) in [6, 6.07) is 15.5. The minimum atomic E-state index is 0.0515. The van der Waals surface area contributed by atoms with Gasteiger partial charge >= 0.3 is 0 Å². The number of nitrogens with one attached hydrogen (secondary N) is 1. The van der Waals surface area contributed by atoms with Gasteiger partial charge in [-0.3, -0.25) is 4.79 Å². The summed E-state index contributed by atoms with van der Waals surface area (Å²) in [5.41, 5.74) is 1.22. The number of hydrogen-bond donors (Lipinski definition) is 1. The van der Waals surface area contributed by atoms with Gasteiger partial charge in [-0.05, 0) is 54.8 Å². The summed E-state index contributed by atoms with van der Waals surface area (Å²) in [6.45, 7) is 0.678. The van der Waals surface area contributed by atoms with Crippen LogP contribution in [0.1, 0.15) is 12.0 Å². The maximum Gasteiger partial charge on any atom is 0.230 e. The van der Waals surface area contributed by atoms with Gasteiger partial charge < -0.3 is 10.1 Å². The molecule has 0 heterocycles. The Bertz CT molecular complexity index is 631. The molecule has 0 saturated carbocycles. The highest BCUT2D eigenvalue weighted by atomic mass is 35.5. The number of amides is 1. The van der Waals surface area contributed by atoms with Crippen molar-refractivity contribution in [1.82, 2.24) is 5.32 Å². The van der Waals surface area contributed by atoms with Crippen LogP contribution in [0.25, 0.3) is 0 Å². The van der Waals surface area contributed by atoms with E-state index in [4.69, 9.17) is 16.3 Å². The number of carbonyl (C=O) groups is 1. The van der Waals surface area contributed by atoms with Crippen LogP contribution in [0.2, 0.25) is 5.02 Å². The largest absolute Gasteiger partial charge is 0.497 e. The van der Waals surface area contributed by atoms with Crippen molar-refractivity contribution in [2.45, 2.75) is 17.7 Å². The molecule has 1 N–H and O–H groups in total. The van der Waals surface area contributed by atoms with Gasteiger partial charge in [0.1, 0.15) is 5.75 Å². The van der Waals surface area contributed by atoms with E-state index in [9.17, 15) is 4.79 Å². The first kappa shape index (κ1) is 17.7. The fourth-order valence-electron chi connectivity index (χ4n) is 2.08. The SMILES string of the molecule is COc1cccc(CCCNC(=O)CSc2ccc(Cl)cc2)c1. The maximum atomic E-state index is 11.8. The van der Waals surface area contributed by atoms with E-state index in [-0.39, 0.29) is 5.91 Å². The van der Waals surface area contributed by atoms with Crippen molar-refractivity contribution in [2.24, 2.45) is 0 Å². The second-order valence-corrected chi connectivity index (χ2v) is 6.53. The van der Waals surface area contributed by atoms with Crippen molar-refractivity contribution in [3.8, 4) is 5.75 Å². The van der Waals surface area contributed by atoms with Gasteiger partial charge in [0.05, 0.1) is 12.9 Å². The third-order valence-corrected chi connectivity index (χ3v) is 4.55. The lowest BCUT2D eigenvalue weighted by atomic mass is 10.1. The van der Waals surface area contributed by atoms with E-state index in [1.165, 1.54) is 17.3 Å². The zero-order valence-corrected chi connectivity index (χ0v) is 14.6. The Morgan fingerprint density at radius 3 is 2.74 bits per heavy atom. The molecule has 0 spiro atoms. The second kappa shape index (κ2) is 9.48. The van der Waals surface area contributed by atoms with Gasteiger partial charge in [0, 0.05) is 16.5 Å². The van der Waals surface area contributed by atoms with Crippen LogP contribution >= 0.6 is 23.4 Å². The number of hydrogen-bond acceptors (Lipinski definition) is 3. The van der Waals surface area contributed by atoms with E-state index in [1.807, 2.05) is 42.5 Å². The first-order valence-electron chi connectivity index (χ1n) is 7.45. The number of aryl methyl sites for hydroxylation is 1. The van der Waals surface area contributed by atoms with Gasteiger partial charge in [-0.1, -0.05) is 23.7 Å². The number of ether oxygens (including phenoxy) is 1. The average molecular weight is 350 g/mol. The molecule has 2 rings (SSSR count). The summed E-state index contributed by atoms with van der Waals surface area (Å²) in [4.78, 5) is 12.9. The zero-order valence-electron chi connectivity index (χ0n) is 13.0. The van der Waals surface area contributed by atoms with E-state index in [1.54, 1.807) is 7.11 Å². The predicted molar refractivity (Wildman–Crippen MR) is 96.5 cm³/mol. The van der Waals surface area contributed by atoms with Crippen LogP contribution < -0.4 is 10.1 Å². The lowest BCUT2D eigenvalue weighted by molar-refractivity contribution is -0.118. The van der Waals surface area contributed by atoms with Crippen LogP contribution in [0.15, 0.2) is 53.4 Å². The van der Waals surface area contributed by atoms with Crippen LogP contribution in [-0.2, 0) is 11.2 Å². The van der Waals surface area contributed by atoms with E-state index >= 15 is 0 Å². The molecule has 0 aliphatic heterocycles. The fraction of sp³-hybridized carbons (Fsp3) is 0.278. The molecular formula is C18H20ClNO2S. The minimum Gasteiger partial charge on any atom is -0.497 e. The predicted octanol–water partition coefficient (Wildman–Crippen LogP) is 4.19. The first-order valence-corrected chi connectivity index (χ1v) is 8.82. The maximum absolute atomic E-state index is 11.8. The standard InChI is InChI=1S/C18H20ClNO2S/c1-22-16-6-2-4-14(12-16)5-3-11-20-18(21)13-23-17-9-7-15(19)8-10-17/h2,4,6-10,12H,3,5,11,13H2,1H3,(H,20,21). The van der Waals surface area contributed by atoms with Crippen LogP contribution in [0.5, 0.6) is 5.75 Å². The second-order valence-electron chi connectivity index (χ2n) is 5.05. The first-order chi connectivity index (χ1) is 11.2.